The number of benzene rings is 1. The Morgan fingerprint density at radius 1 is 1.30 bits per heavy atom. The van der Waals surface area contributed by atoms with Crippen LogP contribution >= 0.6 is 12.4 Å². The van der Waals surface area contributed by atoms with Gasteiger partial charge in [-0.05, 0) is 50.9 Å². The lowest BCUT2D eigenvalue weighted by atomic mass is 9.92. The van der Waals surface area contributed by atoms with Gasteiger partial charge in [0.25, 0.3) is 0 Å². The van der Waals surface area contributed by atoms with Crippen LogP contribution in [0.3, 0.4) is 0 Å². The predicted octanol–water partition coefficient (Wildman–Crippen LogP) is 2.29. The van der Waals surface area contributed by atoms with Crippen molar-refractivity contribution in [2.75, 3.05) is 13.2 Å². The Morgan fingerprint density at radius 2 is 2.00 bits per heavy atom. The average Bonchev–Trinajstić information content (AvgIpc) is 2.53. The van der Waals surface area contributed by atoms with Crippen LogP contribution in [0.25, 0.3) is 0 Å². The van der Waals surface area contributed by atoms with Crippen LogP contribution in [-0.4, -0.2) is 31.1 Å². The third-order valence-corrected chi connectivity index (χ3v) is 3.93. The quantitative estimate of drug-likeness (QED) is 0.807. The van der Waals surface area contributed by atoms with E-state index >= 15 is 0 Å². The number of piperidine rings is 1. The molecule has 5 nitrogen and oxygen atoms in total. The van der Waals surface area contributed by atoms with Gasteiger partial charge in [-0.15, -0.1) is 12.4 Å². The van der Waals surface area contributed by atoms with E-state index in [4.69, 9.17) is 4.74 Å². The zero-order valence-electron chi connectivity index (χ0n) is 13.6. The van der Waals surface area contributed by atoms with Gasteiger partial charge in [0.15, 0.2) is 0 Å². The Balaban J connectivity index is 0.00000264. The minimum Gasteiger partial charge on any atom is -0.462 e. The maximum atomic E-state index is 12.2. The Bertz CT molecular complexity index is 519. The first-order chi connectivity index (χ1) is 10.6. The van der Waals surface area contributed by atoms with Crippen molar-refractivity contribution in [2.45, 2.75) is 39.3 Å². The number of carbonyl (C=O) groups excluding carboxylic acids is 2. The SMILES string of the molecule is CCOC(=O)c1ccc(CNC(=O)[C@H]2CCN[C@@H](C)C2)cc1.Cl. The summed E-state index contributed by atoms with van der Waals surface area (Å²) in [7, 11) is 0. The van der Waals surface area contributed by atoms with Gasteiger partial charge in [-0.2, -0.15) is 0 Å². The maximum absolute atomic E-state index is 12.2. The number of rotatable bonds is 5. The van der Waals surface area contributed by atoms with Gasteiger partial charge in [-0.3, -0.25) is 4.79 Å². The second-order valence-corrected chi connectivity index (χ2v) is 5.71. The van der Waals surface area contributed by atoms with E-state index in [9.17, 15) is 9.59 Å². The van der Waals surface area contributed by atoms with Gasteiger partial charge in [0.1, 0.15) is 0 Å². The largest absolute Gasteiger partial charge is 0.462 e. The highest BCUT2D eigenvalue weighted by molar-refractivity contribution is 5.89. The van der Waals surface area contributed by atoms with Gasteiger partial charge in [0.2, 0.25) is 5.91 Å². The zero-order valence-corrected chi connectivity index (χ0v) is 14.4. The summed E-state index contributed by atoms with van der Waals surface area (Å²) in [6.45, 7) is 5.63. The highest BCUT2D eigenvalue weighted by Crippen LogP contribution is 2.16. The van der Waals surface area contributed by atoms with Crippen molar-refractivity contribution in [3.8, 4) is 0 Å². The minimum absolute atomic E-state index is 0. The second kappa shape index (κ2) is 9.53. The molecule has 23 heavy (non-hydrogen) atoms. The van der Waals surface area contributed by atoms with Crippen LogP contribution in [0.1, 0.15) is 42.6 Å². The summed E-state index contributed by atoms with van der Waals surface area (Å²) in [4.78, 5) is 23.7. The van der Waals surface area contributed by atoms with E-state index < -0.39 is 0 Å². The molecular formula is C17H25ClN2O3. The molecule has 0 saturated carbocycles. The molecule has 2 rings (SSSR count). The summed E-state index contributed by atoms with van der Waals surface area (Å²) in [5.41, 5.74) is 1.51. The molecule has 1 aromatic rings. The van der Waals surface area contributed by atoms with E-state index in [1.807, 2.05) is 12.1 Å². The van der Waals surface area contributed by atoms with Gasteiger partial charge in [-0.25, -0.2) is 4.79 Å². The molecule has 0 aromatic heterocycles. The van der Waals surface area contributed by atoms with Crippen LogP contribution in [0.2, 0.25) is 0 Å². The monoisotopic (exact) mass is 340 g/mol. The van der Waals surface area contributed by atoms with E-state index in [2.05, 4.69) is 17.6 Å². The molecule has 0 aliphatic carbocycles. The molecule has 1 fully saturated rings. The van der Waals surface area contributed by atoms with Gasteiger partial charge in [-0.1, -0.05) is 12.1 Å². The van der Waals surface area contributed by atoms with Crippen LogP contribution in [0.5, 0.6) is 0 Å². The molecule has 0 radical (unpaired) electrons. The van der Waals surface area contributed by atoms with Gasteiger partial charge < -0.3 is 15.4 Å². The van der Waals surface area contributed by atoms with Crippen LogP contribution < -0.4 is 10.6 Å². The summed E-state index contributed by atoms with van der Waals surface area (Å²) in [6, 6.07) is 7.54. The van der Waals surface area contributed by atoms with Crippen molar-refractivity contribution in [1.82, 2.24) is 10.6 Å². The van der Waals surface area contributed by atoms with Crippen LogP contribution in [0, 0.1) is 5.92 Å². The topological polar surface area (TPSA) is 67.4 Å². The number of nitrogens with one attached hydrogen (secondary N) is 2. The van der Waals surface area contributed by atoms with Crippen molar-refractivity contribution in [3.05, 3.63) is 35.4 Å². The molecule has 1 heterocycles. The summed E-state index contributed by atoms with van der Waals surface area (Å²) in [5.74, 6) is -0.111. The average molecular weight is 341 g/mol. The third-order valence-electron chi connectivity index (χ3n) is 3.93. The van der Waals surface area contributed by atoms with Gasteiger partial charge in [0.05, 0.1) is 12.2 Å². The Hall–Kier alpha value is -1.59. The summed E-state index contributed by atoms with van der Waals surface area (Å²) in [5, 5.41) is 6.32. The molecule has 6 heteroatoms. The third kappa shape index (κ3) is 5.84. The number of hydrogen-bond acceptors (Lipinski definition) is 4. The van der Waals surface area contributed by atoms with Crippen molar-refractivity contribution in [3.63, 3.8) is 0 Å². The lowest BCUT2D eigenvalue weighted by molar-refractivity contribution is -0.126. The highest BCUT2D eigenvalue weighted by Gasteiger charge is 2.24. The Labute approximate surface area is 143 Å². The van der Waals surface area contributed by atoms with Crippen LogP contribution in [-0.2, 0) is 16.1 Å². The van der Waals surface area contributed by atoms with E-state index in [1.165, 1.54) is 0 Å². The molecule has 1 saturated heterocycles. The lowest BCUT2D eigenvalue weighted by Crippen LogP contribution is -2.42. The molecule has 128 valence electrons. The molecule has 1 aliphatic heterocycles. The first-order valence-electron chi connectivity index (χ1n) is 7.87. The first-order valence-corrected chi connectivity index (χ1v) is 7.87. The van der Waals surface area contributed by atoms with E-state index in [-0.39, 0.29) is 30.2 Å². The number of ether oxygens (including phenoxy) is 1. The molecule has 1 aliphatic rings. The smallest absolute Gasteiger partial charge is 0.338 e. The molecule has 2 atom stereocenters. The highest BCUT2D eigenvalue weighted by atomic mass is 35.5. The van der Waals surface area contributed by atoms with E-state index in [0.717, 1.165) is 24.9 Å². The predicted molar refractivity (Wildman–Crippen MR) is 91.7 cm³/mol. The summed E-state index contributed by atoms with van der Waals surface area (Å²) < 4.78 is 4.94. The van der Waals surface area contributed by atoms with Crippen LogP contribution in [0.4, 0.5) is 0 Å². The number of amides is 1. The summed E-state index contributed by atoms with van der Waals surface area (Å²) >= 11 is 0. The van der Waals surface area contributed by atoms with Crippen molar-refractivity contribution in [2.24, 2.45) is 5.92 Å². The van der Waals surface area contributed by atoms with Gasteiger partial charge in [0, 0.05) is 18.5 Å². The molecule has 1 aromatic carbocycles. The van der Waals surface area contributed by atoms with Crippen molar-refractivity contribution < 1.29 is 14.3 Å². The van der Waals surface area contributed by atoms with Crippen LogP contribution in [0.15, 0.2) is 24.3 Å². The fourth-order valence-electron chi connectivity index (χ4n) is 2.68. The lowest BCUT2D eigenvalue weighted by Gasteiger charge is -2.27. The van der Waals surface area contributed by atoms with Crippen molar-refractivity contribution in [1.29, 1.82) is 0 Å². The summed E-state index contributed by atoms with van der Waals surface area (Å²) in [6.07, 6.45) is 1.77. The molecule has 1 amide bonds. The molecule has 0 bridgehead atoms. The zero-order chi connectivity index (χ0) is 15.9. The molecular weight excluding hydrogens is 316 g/mol. The number of carbonyl (C=O) groups is 2. The number of halogens is 1. The molecule has 0 spiro atoms. The number of hydrogen-bond donors (Lipinski definition) is 2. The second-order valence-electron chi connectivity index (χ2n) is 5.71. The maximum Gasteiger partial charge on any atom is 0.338 e. The van der Waals surface area contributed by atoms with Crippen molar-refractivity contribution >= 4 is 24.3 Å². The number of esters is 1. The Kier molecular flexibility index (Phi) is 8.06. The van der Waals surface area contributed by atoms with Gasteiger partial charge >= 0.3 is 5.97 Å². The fraction of sp³-hybridized carbons (Fsp3) is 0.529. The van der Waals surface area contributed by atoms with E-state index in [0.29, 0.717) is 24.8 Å². The van der Waals surface area contributed by atoms with E-state index in [1.54, 1.807) is 19.1 Å². The molecule has 0 unspecified atom stereocenters. The first kappa shape index (κ1) is 19.5. The normalized spacial score (nSPS) is 20.3. The Morgan fingerprint density at radius 3 is 2.61 bits per heavy atom. The standard InChI is InChI=1S/C17H24N2O3.ClH/c1-3-22-17(21)14-6-4-13(5-7-14)11-19-16(20)15-8-9-18-12(2)10-15;/h4-7,12,15,18H,3,8-11H2,1-2H3,(H,19,20);1H/t12-,15-;/m0./s1. The fourth-order valence-corrected chi connectivity index (χ4v) is 2.68. The minimum atomic E-state index is -0.318. The molecule has 2 N–H and O–H groups in total.